The molecule has 0 aliphatic rings. The van der Waals surface area contributed by atoms with Crippen LogP contribution >= 0.6 is 15.9 Å². The monoisotopic (exact) mass is 401 g/mol. The minimum absolute atomic E-state index is 0.229. The van der Waals surface area contributed by atoms with Crippen LogP contribution in [0, 0.1) is 5.82 Å². The van der Waals surface area contributed by atoms with Crippen molar-refractivity contribution < 1.29 is 18.7 Å². The molecule has 3 aromatic carbocycles. The third-order valence-electron chi connectivity index (χ3n) is 3.52. The van der Waals surface area contributed by atoms with Crippen LogP contribution < -0.4 is 5.32 Å². The summed E-state index contributed by atoms with van der Waals surface area (Å²) >= 11 is 3.15. The Morgan fingerprint density at radius 2 is 1.76 bits per heavy atom. The van der Waals surface area contributed by atoms with E-state index in [1.807, 2.05) is 36.4 Å². The van der Waals surface area contributed by atoms with E-state index in [0.29, 0.717) is 10.2 Å². The standard InChI is InChI=1S/C19H13BrFNO3/c20-14-6-8-17(21)16(10-14)19(24)25-11-18(23)22-15-7-5-12-3-1-2-4-13(12)9-15/h1-10H,11H2,(H,22,23). The summed E-state index contributed by atoms with van der Waals surface area (Å²) in [4.78, 5) is 23.8. The molecule has 0 unspecified atom stereocenters. The smallest absolute Gasteiger partial charge is 0.341 e. The normalized spacial score (nSPS) is 10.5. The molecular formula is C19H13BrFNO3. The zero-order valence-electron chi connectivity index (χ0n) is 13.0. The zero-order chi connectivity index (χ0) is 17.8. The van der Waals surface area contributed by atoms with E-state index in [2.05, 4.69) is 21.2 Å². The Bertz CT molecular complexity index is 958. The number of amides is 1. The lowest BCUT2D eigenvalue weighted by molar-refractivity contribution is -0.119. The third-order valence-corrected chi connectivity index (χ3v) is 4.01. The van der Waals surface area contributed by atoms with Crippen LogP contribution in [0.15, 0.2) is 65.1 Å². The van der Waals surface area contributed by atoms with Crippen LogP contribution in [0.4, 0.5) is 10.1 Å². The number of benzene rings is 3. The fraction of sp³-hybridized carbons (Fsp3) is 0.0526. The second kappa shape index (κ2) is 7.44. The Morgan fingerprint density at radius 3 is 2.56 bits per heavy atom. The number of anilines is 1. The second-order valence-electron chi connectivity index (χ2n) is 5.31. The molecule has 3 aromatic rings. The van der Waals surface area contributed by atoms with Crippen LogP contribution in [0.5, 0.6) is 0 Å². The van der Waals surface area contributed by atoms with E-state index in [0.717, 1.165) is 16.8 Å². The van der Waals surface area contributed by atoms with Crippen LogP contribution in [0.3, 0.4) is 0 Å². The predicted molar refractivity (Wildman–Crippen MR) is 97.0 cm³/mol. The highest BCUT2D eigenvalue weighted by atomic mass is 79.9. The Kier molecular flexibility index (Phi) is 5.09. The molecule has 6 heteroatoms. The number of carbonyl (C=O) groups excluding carboxylic acids is 2. The number of nitrogens with one attached hydrogen (secondary N) is 1. The summed E-state index contributed by atoms with van der Waals surface area (Å²) in [6, 6.07) is 17.1. The van der Waals surface area contributed by atoms with E-state index in [9.17, 15) is 14.0 Å². The maximum Gasteiger partial charge on any atom is 0.341 e. The van der Waals surface area contributed by atoms with Crippen molar-refractivity contribution >= 4 is 44.3 Å². The molecule has 1 amide bonds. The van der Waals surface area contributed by atoms with Gasteiger partial charge in [0.05, 0.1) is 5.56 Å². The first-order valence-corrected chi connectivity index (χ1v) is 8.23. The molecule has 4 nitrogen and oxygen atoms in total. The number of halogens is 2. The van der Waals surface area contributed by atoms with E-state index in [1.54, 1.807) is 6.07 Å². The van der Waals surface area contributed by atoms with Gasteiger partial charge in [-0.2, -0.15) is 0 Å². The molecule has 0 fully saturated rings. The average Bonchev–Trinajstić information content (AvgIpc) is 2.61. The van der Waals surface area contributed by atoms with Gasteiger partial charge in [0, 0.05) is 10.2 Å². The summed E-state index contributed by atoms with van der Waals surface area (Å²) in [6.07, 6.45) is 0. The number of ether oxygens (including phenoxy) is 1. The van der Waals surface area contributed by atoms with Crippen LogP contribution in [0.2, 0.25) is 0 Å². The summed E-state index contributed by atoms with van der Waals surface area (Å²) < 4.78 is 19.0. The number of hydrogen-bond acceptors (Lipinski definition) is 3. The lowest BCUT2D eigenvalue weighted by Crippen LogP contribution is -2.21. The second-order valence-corrected chi connectivity index (χ2v) is 6.23. The summed E-state index contributed by atoms with van der Waals surface area (Å²) in [5, 5.41) is 4.68. The number of hydrogen-bond donors (Lipinski definition) is 1. The van der Waals surface area contributed by atoms with Crippen LogP contribution in [-0.4, -0.2) is 18.5 Å². The van der Waals surface area contributed by atoms with Crippen molar-refractivity contribution in [1.82, 2.24) is 0 Å². The fourth-order valence-corrected chi connectivity index (χ4v) is 2.69. The van der Waals surface area contributed by atoms with Gasteiger partial charge in [0.25, 0.3) is 5.91 Å². The first kappa shape index (κ1) is 17.1. The highest BCUT2D eigenvalue weighted by Gasteiger charge is 2.15. The number of esters is 1. The Labute approximate surface area is 151 Å². The van der Waals surface area contributed by atoms with Crippen molar-refractivity contribution in [3.63, 3.8) is 0 Å². The van der Waals surface area contributed by atoms with Crippen molar-refractivity contribution in [3.8, 4) is 0 Å². The van der Waals surface area contributed by atoms with Crippen molar-refractivity contribution in [1.29, 1.82) is 0 Å². The molecule has 0 aliphatic carbocycles. The van der Waals surface area contributed by atoms with Crippen LogP contribution in [-0.2, 0) is 9.53 Å². The fourth-order valence-electron chi connectivity index (χ4n) is 2.33. The van der Waals surface area contributed by atoms with Crippen molar-refractivity contribution in [2.45, 2.75) is 0 Å². The first-order chi connectivity index (χ1) is 12.0. The van der Waals surface area contributed by atoms with Gasteiger partial charge in [0.15, 0.2) is 6.61 Å². The molecular weight excluding hydrogens is 389 g/mol. The first-order valence-electron chi connectivity index (χ1n) is 7.44. The Hall–Kier alpha value is -2.73. The number of rotatable bonds is 4. The Balaban J connectivity index is 1.62. The quantitative estimate of drug-likeness (QED) is 0.653. The summed E-state index contributed by atoms with van der Waals surface area (Å²) in [5.41, 5.74) is 0.362. The predicted octanol–water partition coefficient (Wildman–Crippen LogP) is 4.54. The number of carbonyl (C=O) groups is 2. The number of fused-ring (bicyclic) bond motifs is 1. The molecule has 0 saturated carbocycles. The molecule has 1 N–H and O–H groups in total. The lowest BCUT2D eigenvalue weighted by atomic mass is 10.1. The Morgan fingerprint density at radius 1 is 1.00 bits per heavy atom. The largest absolute Gasteiger partial charge is 0.452 e. The van der Waals surface area contributed by atoms with Gasteiger partial charge in [-0.15, -0.1) is 0 Å². The molecule has 0 spiro atoms. The van der Waals surface area contributed by atoms with Gasteiger partial charge >= 0.3 is 5.97 Å². The summed E-state index contributed by atoms with van der Waals surface area (Å²) in [6.45, 7) is -0.502. The molecule has 0 heterocycles. The molecule has 0 saturated heterocycles. The minimum Gasteiger partial charge on any atom is -0.452 e. The molecule has 126 valence electrons. The van der Waals surface area contributed by atoms with Gasteiger partial charge in [-0.05, 0) is 41.1 Å². The van der Waals surface area contributed by atoms with E-state index in [-0.39, 0.29) is 5.56 Å². The average molecular weight is 402 g/mol. The maximum absolute atomic E-state index is 13.6. The molecule has 0 aromatic heterocycles. The van der Waals surface area contributed by atoms with Gasteiger partial charge in [-0.3, -0.25) is 4.79 Å². The van der Waals surface area contributed by atoms with E-state index in [1.165, 1.54) is 12.1 Å². The molecule has 0 radical (unpaired) electrons. The van der Waals surface area contributed by atoms with Gasteiger partial charge in [-0.25, -0.2) is 9.18 Å². The summed E-state index contributed by atoms with van der Waals surface area (Å²) in [7, 11) is 0. The molecule has 0 aliphatic heterocycles. The van der Waals surface area contributed by atoms with Gasteiger partial charge in [0.1, 0.15) is 5.82 Å². The maximum atomic E-state index is 13.6. The van der Waals surface area contributed by atoms with E-state index >= 15 is 0 Å². The molecule has 0 bridgehead atoms. The SMILES string of the molecule is O=C(COC(=O)c1cc(Br)ccc1F)Nc1ccc2ccccc2c1. The van der Waals surface area contributed by atoms with Gasteiger partial charge < -0.3 is 10.1 Å². The van der Waals surface area contributed by atoms with Crippen molar-refractivity contribution in [3.05, 3.63) is 76.5 Å². The van der Waals surface area contributed by atoms with Crippen molar-refractivity contribution in [2.24, 2.45) is 0 Å². The lowest BCUT2D eigenvalue weighted by Gasteiger charge is -2.08. The minimum atomic E-state index is -0.896. The molecule has 0 atom stereocenters. The third kappa shape index (κ3) is 4.22. The van der Waals surface area contributed by atoms with Gasteiger partial charge in [0.2, 0.25) is 0 Å². The van der Waals surface area contributed by atoms with Crippen molar-refractivity contribution in [2.75, 3.05) is 11.9 Å². The van der Waals surface area contributed by atoms with E-state index < -0.39 is 24.3 Å². The highest BCUT2D eigenvalue weighted by Crippen LogP contribution is 2.19. The van der Waals surface area contributed by atoms with Gasteiger partial charge in [-0.1, -0.05) is 46.3 Å². The van der Waals surface area contributed by atoms with E-state index in [4.69, 9.17) is 4.74 Å². The highest BCUT2D eigenvalue weighted by molar-refractivity contribution is 9.10. The van der Waals surface area contributed by atoms with Crippen LogP contribution in [0.1, 0.15) is 10.4 Å². The zero-order valence-corrected chi connectivity index (χ0v) is 14.5. The topological polar surface area (TPSA) is 55.4 Å². The molecule has 3 rings (SSSR count). The van der Waals surface area contributed by atoms with Crippen LogP contribution in [0.25, 0.3) is 10.8 Å². The summed E-state index contributed by atoms with van der Waals surface area (Å²) in [5.74, 6) is -2.10. The molecule has 25 heavy (non-hydrogen) atoms.